The van der Waals surface area contributed by atoms with Gasteiger partial charge in [0, 0.05) is 26.7 Å². The molecule has 186 valence electrons. The number of nitriles is 1. The monoisotopic (exact) mass is 486 g/mol. The van der Waals surface area contributed by atoms with Gasteiger partial charge >= 0.3 is 23.3 Å². The SMILES string of the molecule is COC(=O)CC1CN(C(=O)OC(C)(C)C)CCN1c1c([N+](=O)[O-])c(=O)n(C)c2ccc(C#N)nc12. The maximum Gasteiger partial charge on any atom is 0.410 e. The highest BCUT2D eigenvalue weighted by Gasteiger charge is 2.39. The van der Waals surface area contributed by atoms with Gasteiger partial charge in [-0.25, -0.2) is 9.78 Å². The fourth-order valence-corrected chi connectivity index (χ4v) is 3.97. The Labute approximate surface area is 200 Å². The van der Waals surface area contributed by atoms with Crippen LogP contribution in [0.2, 0.25) is 0 Å². The number of methoxy groups -OCH3 is 1. The van der Waals surface area contributed by atoms with Crippen LogP contribution in [0.4, 0.5) is 16.2 Å². The van der Waals surface area contributed by atoms with Crippen LogP contribution in [0.3, 0.4) is 0 Å². The summed E-state index contributed by atoms with van der Waals surface area (Å²) < 4.78 is 11.3. The number of hydrogen-bond acceptors (Lipinski definition) is 10. The molecule has 0 spiro atoms. The second kappa shape index (κ2) is 9.57. The first kappa shape index (κ1) is 25.4. The van der Waals surface area contributed by atoms with Crippen molar-refractivity contribution in [1.29, 1.82) is 5.26 Å². The quantitative estimate of drug-likeness (QED) is 0.353. The summed E-state index contributed by atoms with van der Waals surface area (Å²) in [5, 5.41) is 21.4. The van der Waals surface area contributed by atoms with Crippen molar-refractivity contribution in [3.8, 4) is 6.07 Å². The molecule has 1 amide bonds. The molecule has 1 atom stereocenters. The van der Waals surface area contributed by atoms with Gasteiger partial charge in [0.15, 0.2) is 5.69 Å². The Hall–Kier alpha value is -4.21. The highest BCUT2D eigenvalue weighted by Crippen LogP contribution is 2.35. The maximum absolute atomic E-state index is 13.0. The number of hydrogen-bond donors (Lipinski definition) is 0. The molecule has 0 radical (unpaired) electrons. The lowest BCUT2D eigenvalue weighted by molar-refractivity contribution is -0.385. The zero-order chi connectivity index (χ0) is 26.1. The number of nitrogens with zero attached hydrogens (tertiary/aromatic N) is 6. The van der Waals surface area contributed by atoms with Crippen molar-refractivity contribution in [2.45, 2.75) is 38.8 Å². The summed E-state index contributed by atoms with van der Waals surface area (Å²) >= 11 is 0. The molecule has 3 rings (SSSR count). The van der Waals surface area contributed by atoms with E-state index in [1.165, 1.54) is 36.1 Å². The largest absolute Gasteiger partial charge is 0.469 e. The van der Waals surface area contributed by atoms with Crippen molar-refractivity contribution < 1.29 is 24.0 Å². The molecule has 0 saturated carbocycles. The molecule has 1 aliphatic heterocycles. The van der Waals surface area contributed by atoms with Crippen LogP contribution in [0.25, 0.3) is 11.0 Å². The first-order chi connectivity index (χ1) is 16.4. The Kier molecular flexibility index (Phi) is 6.95. The highest BCUT2D eigenvalue weighted by molar-refractivity contribution is 5.94. The van der Waals surface area contributed by atoms with Gasteiger partial charge in [0.05, 0.1) is 30.0 Å². The minimum atomic E-state index is -0.865. The van der Waals surface area contributed by atoms with Gasteiger partial charge in [0.1, 0.15) is 22.9 Å². The van der Waals surface area contributed by atoms with Crippen LogP contribution in [0.1, 0.15) is 32.9 Å². The van der Waals surface area contributed by atoms with E-state index >= 15 is 0 Å². The lowest BCUT2D eigenvalue weighted by Crippen LogP contribution is -2.56. The molecule has 0 N–H and O–H groups in total. The van der Waals surface area contributed by atoms with Gasteiger partial charge < -0.3 is 23.8 Å². The van der Waals surface area contributed by atoms with Crippen molar-refractivity contribution >= 4 is 34.5 Å². The molecule has 13 nitrogen and oxygen atoms in total. The molecule has 2 aromatic heterocycles. The Balaban J connectivity index is 2.20. The van der Waals surface area contributed by atoms with E-state index in [9.17, 15) is 29.8 Å². The number of carbonyl (C=O) groups excluding carboxylic acids is 2. The van der Waals surface area contributed by atoms with E-state index in [1.807, 2.05) is 6.07 Å². The van der Waals surface area contributed by atoms with E-state index < -0.39 is 39.9 Å². The molecule has 0 bridgehead atoms. The molecule has 1 fully saturated rings. The minimum Gasteiger partial charge on any atom is -0.469 e. The second-order valence-corrected chi connectivity index (χ2v) is 9.05. The number of piperazine rings is 1. The Bertz CT molecular complexity index is 1290. The molecule has 35 heavy (non-hydrogen) atoms. The van der Waals surface area contributed by atoms with Gasteiger partial charge in [-0.05, 0) is 32.9 Å². The van der Waals surface area contributed by atoms with Gasteiger partial charge in [0.25, 0.3) is 0 Å². The standard InChI is InChI=1S/C22H26N6O7/c1-22(2,3)35-21(31)26-8-9-27(14(12-26)10-16(29)34-5)18-17-15(7-6-13(11-23)24-17)25(4)20(30)19(18)28(32)33/h6-7,14H,8-10,12H2,1-5H3. The van der Waals surface area contributed by atoms with Crippen LogP contribution in [0, 0.1) is 21.4 Å². The van der Waals surface area contributed by atoms with Gasteiger partial charge in [0.2, 0.25) is 0 Å². The fraction of sp³-hybridized carbons (Fsp3) is 0.500. The Morgan fingerprint density at radius 2 is 2.00 bits per heavy atom. The lowest BCUT2D eigenvalue weighted by atomic mass is 10.1. The van der Waals surface area contributed by atoms with Gasteiger partial charge in [-0.3, -0.25) is 19.7 Å². The van der Waals surface area contributed by atoms with Gasteiger partial charge in [-0.1, -0.05) is 0 Å². The van der Waals surface area contributed by atoms with Crippen LogP contribution >= 0.6 is 0 Å². The van der Waals surface area contributed by atoms with Crippen LogP contribution in [0.15, 0.2) is 16.9 Å². The predicted octanol–water partition coefficient (Wildman–Crippen LogP) is 1.70. The summed E-state index contributed by atoms with van der Waals surface area (Å²) in [4.78, 5) is 56.3. The summed E-state index contributed by atoms with van der Waals surface area (Å²) in [7, 11) is 2.58. The molecule has 3 heterocycles. The molecule has 1 aliphatic rings. The fourth-order valence-electron chi connectivity index (χ4n) is 3.97. The molecular weight excluding hydrogens is 460 g/mol. The summed E-state index contributed by atoms with van der Waals surface area (Å²) in [6.07, 6.45) is -0.818. The topological polar surface area (TPSA) is 161 Å². The van der Waals surface area contributed by atoms with Gasteiger partial charge in [-0.15, -0.1) is 0 Å². The number of anilines is 1. The smallest absolute Gasteiger partial charge is 0.410 e. The van der Waals surface area contributed by atoms with Gasteiger partial charge in [-0.2, -0.15) is 5.26 Å². The molecular formula is C22H26N6O7. The highest BCUT2D eigenvalue weighted by atomic mass is 16.6. The molecule has 2 aromatic rings. The molecule has 1 unspecified atom stereocenters. The number of pyridine rings is 2. The van der Waals surface area contributed by atoms with Crippen LogP contribution in [-0.4, -0.2) is 69.8 Å². The number of aryl methyl sites for hydroxylation is 1. The number of nitro groups is 1. The van der Waals surface area contributed by atoms with Crippen LogP contribution in [-0.2, 0) is 21.3 Å². The van der Waals surface area contributed by atoms with E-state index in [2.05, 4.69) is 4.98 Å². The summed E-state index contributed by atoms with van der Waals surface area (Å²) in [6.45, 7) is 5.30. The summed E-state index contributed by atoms with van der Waals surface area (Å²) in [5.41, 5.74) is -2.10. The Morgan fingerprint density at radius 1 is 1.31 bits per heavy atom. The number of fused-ring (bicyclic) bond motifs is 1. The molecule has 13 heteroatoms. The summed E-state index contributed by atoms with van der Waals surface area (Å²) in [6, 6.07) is 4.01. The van der Waals surface area contributed by atoms with Crippen molar-refractivity contribution in [2.24, 2.45) is 7.05 Å². The van der Waals surface area contributed by atoms with Crippen molar-refractivity contribution in [3.63, 3.8) is 0 Å². The average Bonchev–Trinajstić information content (AvgIpc) is 2.79. The van der Waals surface area contributed by atoms with E-state index in [0.717, 1.165) is 4.57 Å². The number of carbonyl (C=O) groups is 2. The average molecular weight is 486 g/mol. The summed E-state index contributed by atoms with van der Waals surface area (Å²) in [5.74, 6) is -0.604. The number of amides is 1. The molecule has 0 aromatic carbocycles. The maximum atomic E-state index is 13.0. The predicted molar refractivity (Wildman–Crippen MR) is 124 cm³/mol. The third-order valence-electron chi connectivity index (χ3n) is 5.54. The van der Waals surface area contributed by atoms with E-state index in [4.69, 9.17) is 9.47 Å². The van der Waals surface area contributed by atoms with Crippen LogP contribution in [0.5, 0.6) is 0 Å². The zero-order valence-electron chi connectivity index (χ0n) is 20.1. The first-order valence-corrected chi connectivity index (χ1v) is 10.8. The van der Waals surface area contributed by atoms with E-state index in [0.29, 0.717) is 0 Å². The second-order valence-electron chi connectivity index (χ2n) is 9.05. The molecule has 0 aliphatic carbocycles. The van der Waals surface area contributed by atoms with Crippen LogP contribution < -0.4 is 10.5 Å². The minimum absolute atomic E-state index is 0.00334. The van der Waals surface area contributed by atoms with Crippen molar-refractivity contribution in [3.05, 3.63) is 38.3 Å². The van der Waals surface area contributed by atoms with Crippen molar-refractivity contribution in [2.75, 3.05) is 31.6 Å². The normalized spacial score (nSPS) is 16.1. The van der Waals surface area contributed by atoms with E-state index in [1.54, 1.807) is 20.8 Å². The van der Waals surface area contributed by atoms with E-state index in [-0.39, 0.29) is 48.5 Å². The number of rotatable bonds is 4. The molecule has 1 saturated heterocycles. The third-order valence-corrected chi connectivity index (χ3v) is 5.54. The number of aromatic nitrogens is 2. The third kappa shape index (κ3) is 5.16. The number of ether oxygens (including phenoxy) is 2. The Morgan fingerprint density at radius 3 is 2.57 bits per heavy atom. The lowest BCUT2D eigenvalue weighted by Gasteiger charge is -2.42. The first-order valence-electron chi connectivity index (χ1n) is 10.8. The number of esters is 1. The van der Waals surface area contributed by atoms with Crippen molar-refractivity contribution in [1.82, 2.24) is 14.5 Å². The zero-order valence-corrected chi connectivity index (χ0v) is 20.1.